The van der Waals surface area contributed by atoms with Gasteiger partial charge in [-0.3, -0.25) is 4.98 Å². The van der Waals surface area contributed by atoms with Gasteiger partial charge in [0.25, 0.3) is 0 Å². The van der Waals surface area contributed by atoms with Gasteiger partial charge in [-0.25, -0.2) is 96.2 Å². The topological polar surface area (TPSA) is 87.2 Å². The molecule has 0 unspecified atom stereocenters. The zero-order chi connectivity index (χ0) is 64.7. The Balaban J connectivity index is 0.000000271. The molecule has 1 aromatic heterocycles. The van der Waals surface area contributed by atoms with E-state index in [1.165, 1.54) is 11.1 Å². The number of hydrogen-bond acceptors (Lipinski definition) is 4. The van der Waals surface area contributed by atoms with E-state index in [-0.39, 0.29) is 24.4 Å². The van der Waals surface area contributed by atoms with Gasteiger partial charge in [0.05, 0.1) is 0 Å². The summed E-state index contributed by atoms with van der Waals surface area (Å²) >= 11 is 0. The predicted molar refractivity (Wildman–Crippen MR) is 283 cm³/mol. The summed E-state index contributed by atoms with van der Waals surface area (Å²) in [6.45, 7) is 8.45. The van der Waals surface area contributed by atoms with E-state index in [2.05, 4.69) is 54.7 Å². The maximum atomic E-state index is 15.4. The Hall–Kier alpha value is -7.93. The van der Waals surface area contributed by atoms with Gasteiger partial charge in [-0.2, -0.15) is 0 Å². The minimum absolute atomic E-state index is 0. The fraction of sp³-hybridized carbons (Fsp3) is 0.117. The van der Waals surface area contributed by atoms with Crippen LogP contribution in [0.3, 0.4) is 0 Å². The summed E-state index contributed by atoms with van der Waals surface area (Å²) in [7, 11) is -3.83. The van der Waals surface area contributed by atoms with Crippen LogP contribution in [-0.2, 0) is 29.5 Å². The molecule has 8 aromatic carbocycles. The van der Waals surface area contributed by atoms with E-state index in [1.54, 1.807) is 36.7 Å². The second-order valence-electron chi connectivity index (χ2n) is 19.1. The molecule has 0 spiro atoms. The monoisotopic (exact) mass is 1360 g/mol. The first-order chi connectivity index (χ1) is 40.9. The summed E-state index contributed by atoms with van der Waals surface area (Å²) in [5.74, 6) is -70.8. The number of hydrogen-bond donors (Lipinski definition) is 1. The van der Waals surface area contributed by atoms with Crippen molar-refractivity contribution in [1.29, 1.82) is 0 Å². The van der Waals surface area contributed by atoms with Crippen LogP contribution < -0.4 is 27.6 Å². The third-order valence-electron chi connectivity index (χ3n) is 13.3. The number of sulfonamides is 1. The number of nitrogens with two attached hydrogens (primary N) is 1. The fourth-order valence-electron chi connectivity index (χ4n) is 8.90. The molecule has 5 nitrogen and oxygen atoms in total. The van der Waals surface area contributed by atoms with Crippen molar-refractivity contribution in [2.24, 2.45) is 5.73 Å². The molecule has 0 aliphatic carbocycles. The van der Waals surface area contributed by atoms with Gasteiger partial charge in [0.1, 0.15) is 62.7 Å². The Bertz CT molecular complexity index is 3640. The Morgan fingerprint density at radius 3 is 0.886 bits per heavy atom. The third-order valence-corrected chi connectivity index (χ3v) is 14.6. The van der Waals surface area contributed by atoms with E-state index in [4.69, 9.17) is 5.73 Å². The molecule has 464 valence electrons. The van der Waals surface area contributed by atoms with Crippen molar-refractivity contribution in [1.82, 2.24) is 4.98 Å². The molecule has 0 aliphatic heterocycles. The van der Waals surface area contributed by atoms with E-state index in [1.807, 2.05) is 85.8 Å². The van der Waals surface area contributed by atoms with Crippen LogP contribution in [0.25, 0.3) is 4.72 Å². The Morgan fingerprint density at radius 1 is 0.364 bits per heavy atom. The molecule has 88 heavy (non-hydrogen) atoms. The van der Waals surface area contributed by atoms with E-state index in [0.717, 1.165) is 16.7 Å². The van der Waals surface area contributed by atoms with Crippen LogP contribution in [0.15, 0.2) is 145 Å². The number of rotatable bonds is 11. The summed E-state index contributed by atoms with van der Waals surface area (Å²) in [5, 5.41) is 0. The van der Waals surface area contributed by atoms with Crippen molar-refractivity contribution in [3.8, 4) is 0 Å². The van der Waals surface area contributed by atoms with Crippen molar-refractivity contribution in [3.05, 3.63) is 289 Å². The molecule has 0 saturated carbocycles. The molecule has 9 rings (SSSR count). The first-order valence-corrected chi connectivity index (χ1v) is 26.4. The minimum Gasteiger partial charge on any atom is -0.537 e. The standard InChI is InChI=1S/C24BF20.C21H21N2O2S.C10H14.C5H5N.Ru/c26-5-1(6(27)14(35)21(42)13(5)34)25(2-7(28)15(36)22(43)16(37)8(2)29,3-9(30)17(38)23(44)18(39)10(3)31)4-11(32)19(40)24(45)20(41)12(4)33;1-16-12-14-19(15-13-16)26(24,25)23-21(18-10-6-3-7-11-18)20(22)17-8-4-2-5-9-17;1-8(2)10-6-4-9(3)5-7-10;1-2-4-6-5-3-1;/h;2-15,20-21H,22H2,1H3;4-8H,1-3H3;1-5H;/q2*-1;;;+2/t;20-,21-;;;/m.1.../s1. The SMILES string of the molecule is Cc1ccc(C(C)C)cc1.Cc1ccc(S(=O)(=O)[N-][C@H](c2ccccc2)[C@H](N)c2ccccc2)cc1.Fc1c(F)c(F)c([B-](c2c(F)c(F)c(F)c(F)c2F)(c2c(F)c(F)c(F)c(F)c2F)c2c(F)c(F)c(F)c(F)c2F)c(F)c1F.[Ru+2].c1ccncc1. The van der Waals surface area contributed by atoms with Crippen LogP contribution in [0, 0.1) is 130 Å². The van der Waals surface area contributed by atoms with Crippen LogP contribution in [-0.4, -0.2) is 19.5 Å². The summed E-state index contributed by atoms with van der Waals surface area (Å²) in [6, 6.07) is 38.5. The molecule has 0 amide bonds. The van der Waals surface area contributed by atoms with E-state index >= 15 is 35.1 Å². The van der Waals surface area contributed by atoms with Crippen LogP contribution >= 0.6 is 0 Å². The predicted octanol–water partition coefficient (Wildman–Crippen LogP) is 14.5. The zero-order valence-electron chi connectivity index (χ0n) is 45.2. The average Bonchev–Trinajstić information content (AvgIpc) is 0.717. The van der Waals surface area contributed by atoms with Gasteiger partial charge in [-0.1, -0.05) is 140 Å². The quantitative estimate of drug-likeness (QED) is 0.0605. The van der Waals surface area contributed by atoms with Crippen LogP contribution in [0.1, 0.15) is 59.7 Å². The van der Waals surface area contributed by atoms with Crippen LogP contribution in [0.4, 0.5) is 87.8 Å². The normalized spacial score (nSPS) is 12.0. The zero-order valence-corrected chi connectivity index (χ0v) is 47.8. The summed E-state index contributed by atoms with van der Waals surface area (Å²) in [6.07, 6.45) is -3.72. The maximum Gasteiger partial charge on any atom is 2.00 e. The van der Waals surface area contributed by atoms with Gasteiger partial charge < -0.3 is 10.5 Å². The van der Waals surface area contributed by atoms with E-state index in [9.17, 15) is 61.1 Å². The van der Waals surface area contributed by atoms with Gasteiger partial charge in [0, 0.05) is 23.3 Å². The Morgan fingerprint density at radius 2 is 0.625 bits per heavy atom. The van der Waals surface area contributed by atoms with Crippen molar-refractivity contribution in [2.45, 2.75) is 50.6 Å². The van der Waals surface area contributed by atoms with Crippen molar-refractivity contribution >= 4 is 38.0 Å². The van der Waals surface area contributed by atoms with Crippen molar-refractivity contribution in [3.63, 3.8) is 0 Å². The minimum atomic E-state index is -7.22. The number of nitrogens with zero attached hydrogens (tertiary/aromatic N) is 2. The van der Waals surface area contributed by atoms with Crippen molar-refractivity contribution < 1.29 is 116 Å². The van der Waals surface area contributed by atoms with Gasteiger partial charge in [-0.15, -0.1) is 21.9 Å². The first kappa shape index (κ1) is 70.8. The molecule has 28 heteroatoms. The number of aryl methyl sites for hydroxylation is 2. The summed E-state index contributed by atoms with van der Waals surface area (Å²) in [5.41, 5.74) is -2.56. The van der Waals surface area contributed by atoms with Crippen LogP contribution in [0.2, 0.25) is 0 Å². The molecule has 1 heterocycles. The molecule has 0 fully saturated rings. The van der Waals surface area contributed by atoms with Gasteiger partial charge >= 0.3 is 19.5 Å². The number of pyridine rings is 1. The fourth-order valence-corrected chi connectivity index (χ4v) is 10.1. The summed E-state index contributed by atoms with van der Waals surface area (Å²) < 4.78 is 324. The van der Waals surface area contributed by atoms with Gasteiger partial charge in [-0.05, 0) is 55.2 Å². The third kappa shape index (κ3) is 14.1. The second-order valence-corrected chi connectivity index (χ2v) is 20.7. The smallest absolute Gasteiger partial charge is 0.537 e. The maximum absolute atomic E-state index is 15.4. The van der Waals surface area contributed by atoms with E-state index in [0.29, 0.717) is 5.92 Å². The van der Waals surface area contributed by atoms with Gasteiger partial charge in [0.2, 0.25) is 0 Å². The average molecular weight is 1360 g/mol. The number of halogens is 20. The number of aromatic nitrogens is 1. The molecule has 0 bridgehead atoms. The van der Waals surface area contributed by atoms with Crippen molar-refractivity contribution in [2.75, 3.05) is 0 Å². The first-order valence-electron chi connectivity index (χ1n) is 24.9. The second kappa shape index (κ2) is 29.4. The molecular formula is C60H40BF20N3O2RuS. The van der Waals surface area contributed by atoms with E-state index < -0.39 is 166 Å². The molecule has 0 saturated heterocycles. The molecule has 9 aromatic rings. The Labute approximate surface area is 501 Å². The molecule has 2 N–H and O–H groups in total. The number of benzene rings is 8. The Kier molecular flexibility index (Phi) is 23.6. The molecule has 0 aliphatic rings. The summed E-state index contributed by atoms with van der Waals surface area (Å²) in [4.78, 5) is 3.96. The largest absolute Gasteiger partial charge is 2.00 e. The van der Waals surface area contributed by atoms with Crippen LogP contribution in [0.5, 0.6) is 0 Å². The van der Waals surface area contributed by atoms with Gasteiger partial charge in [0.15, 0.2) is 69.8 Å². The molecule has 2 atom stereocenters. The molecular weight excluding hydrogens is 1320 g/mol. The molecule has 0 radical (unpaired) electrons.